The third-order valence-corrected chi connectivity index (χ3v) is 4.29. The molecule has 0 unspecified atom stereocenters. The third-order valence-electron chi connectivity index (χ3n) is 4.29. The molecule has 1 aliphatic rings. The summed E-state index contributed by atoms with van der Waals surface area (Å²) in [6.45, 7) is 5.28. The quantitative estimate of drug-likeness (QED) is 0.912. The first-order chi connectivity index (χ1) is 10.7. The molecular weight excluding hydrogens is 276 g/mol. The SMILES string of the molecule is C[C@H](NC[C@@H]1CCCN(c2ncccn2)C1)c1cnn(C)c1. The molecule has 1 N–H and O–H groups in total. The number of nitrogens with zero attached hydrogens (tertiary/aromatic N) is 5. The molecule has 1 saturated heterocycles. The molecule has 6 heteroatoms. The van der Waals surface area contributed by atoms with Gasteiger partial charge >= 0.3 is 0 Å². The van der Waals surface area contributed by atoms with E-state index in [4.69, 9.17) is 0 Å². The van der Waals surface area contributed by atoms with E-state index >= 15 is 0 Å². The van der Waals surface area contributed by atoms with Gasteiger partial charge in [0, 0.05) is 56.9 Å². The average molecular weight is 300 g/mol. The predicted molar refractivity (Wildman–Crippen MR) is 86.6 cm³/mol. The van der Waals surface area contributed by atoms with E-state index < -0.39 is 0 Å². The number of anilines is 1. The van der Waals surface area contributed by atoms with Crippen molar-refractivity contribution < 1.29 is 0 Å². The highest BCUT2D eigenvalue weighted by molar-refractivity contribution is 5.29. The van der Waals surface area contributed by atoms with Gasteiger partial charge in [-0.05, 0) is 31.7 Å². The number of hydrogen-bond donors (Lipinski definition) is 1. The molecule has 2 aromatic rings. The molecule has 3 rings (SSSR count). The van der Waals surface area contributed by atoms with Gasteiger partial charge in [0.25, 0.3) is 0 Å². The number of aromatic nitrogens is 4. The van der Waals surface area contributed by atoms with Crippen molar-refractivity contribution in [2.45, 2.75) is 25.8 Å². The molecule has 0 aromatic carbocycles. The highest BCUT2D eigenvalue weighted by atomic mass is 15.3. The Morgan fingerprint density at radius 2 is 2.18 bits per heavy atom. The van der Waals surface area contributed by atoms with Crippen LogP contribution in [-0.4, -0.2) is 39.4 Å². The molecule has 1 aliphatic heterocycles. The highest BCUT2D eigenvalue weighted by Crippen LogP contribution is 2.20. The van der Waals surface area contributed by atoms with Gasteiger partial charge in [0.15, 0.2) is 0 Å². The van der Waals surface area contributed by atoms with Crippen LogP contribution in [0.5, 0.6) is 0 Å². The van der Waals surface area contributed by atoms with Gasteiger partial charge in [0.2, 0.25) is 5.95 Å². The molecule has 0 amide bonds. The van der Waals surface area contributed by atoms with Crippen molar-refractivity contribution in [3.63, 3.8) is 0 Å². The zero-order valence-corrected chi connectivity index (χ0v) is 13.3. The van der Waals surface area contributed by atoms with E-state index in [1.54, 1.807) is 0 Å². The van der Waals surface area contributed by atoms with Crippen LogP contribution in [-0.2, 0) is 7.05 Å². The first-order valence-corrected chi connectivity index (χ1v) is 7.96. The minimum absolute atomic E-state index is 0.331. The summed E-state index contributed by atoms with van der Waals surface area (Å²) < 4.78 is 1.85. The van der Waals surface area contributed by atoms with E-state index in [-0.39, 0.29) is 0 Å². The number of rotatable bonds is 5. The van der Waals surface area contributed by atoms with E-state index in [9.17, 15) is 0 Å². The first-order valence-electron chi connectivity index (χ1n) is 7.96. The van der Waals surface area contributed by atoms with E-state index in [1.165, 1.54) is 18.4 Å². The van der Waals surface area contributed by atoms with Gasteiger partial charge in [-0.15, -0.1) is 0 Å². The Balaban J connectivity index is 1.52. The van der Waals surface area contributed by atoms with Gasteiger partial charge in [0.05, 0.1) is 6.20 Å². The number of nitrogens with one attached hydrogen (secondary N) is 1. The third kappa shape index (κ3) is 3.62. The first kappa shape index (κ1) is 15.0. The van der Waals surface area contributed by atoms with Crippen LogP contribution in [0.3, 0.4) is 0 Å². The molecule has 0 saturated carbocycles. The molecule has 0 spiro atoms. The summed E-state index contributed by atoms with van der Waals surface area (Å²) in [5.41, 5.74) is 1.24. The smallest absolute Gasteiger partial charge is 0.225 e. The maximum atomic E-state index is 4.37. The van der Waals surface area contributed by atoms with Crippen LogP contribution < -0.4 is 10.2 Å². The highest BCUT2D eigenvalue weighted by Gasteiger charge is 2.22. The van der Waals surface area contributed by atoms with E-state index in [0.29, 0.717) is 12.0 Å². The fraction of sp³-hybridized carbons (Fsp3) is 0.562. The average Bonchev–Trinajstić information content (AvgIpc) is 3.00. The van der Waals surface area contributed by atoms with Crippen LogP contribution in [0, 0.1) is 5.92 Å². The Labute approximate surface area is 131 Å². The fourth-order valence-electron chi connectivity index (χ4n) is 2.99. The summed E-state index contributed by atoms with van der Waals surface area (Å²) in [5, 5.41) is 7.87. The molecular formula is C16H24N6. The van der Waals surface area contributed by atoms with Gasteiger partial charge in [-0.2, -0.15) is 5.10 Å². The van der Waals surface area contributed by atoms with Crippen molar-refractivity contribution in [3.05, 3.63) is 36.4 Å². The van der Waals surface area contributed by atoms with Crippen LogP contribution >= 0.6 is 0 Å². The lowest BCUT2D eigenvalue weighted by molar-refractivity contribution is 0.373. The molecule has 22 heavy (non-hydrogen) atoms. The summed E-state index contributed by atoms with van der Waals surface area (Å²) in [6, 6.07) is 2.19. The zero-order chi connectivity index (χ0) is 15.4. The van der Waals surface area contributed by atoms with Crippen molar-refractivity contribution in [1.29, 1.82) is 0 Å². The summed E-state index contributed by atoms with van der Waals surface area (Å²) in [4.78, 5) is 11.0. The Kier molecular flexibility index (Phi) is 4.68. The maximum absolute atomic E-state index is 4.37. The van der Waals surface area contributed by atoms with Crippen molar-refractivity contribution in [2.24, 2.45) is 13.0 Å². The second-order valence-corrected chi connectivity index (χ2v) is 6.08. The molecule has 0 radical (unpaired) electrons. The Morgan fingerprint density at radius 1 is 1.36 bits per heavy atom. The van der Waals surface area contributed by atoms with Crippen molar-refractivity contribution in [1.82, 2.24) is 25.1 Å². The summed E-state index contributed by atoms with van der Waals surface area (Å²) in [6.07, 6.45) is 10.1. The second-order valence-electron chi connectivity index (χ2n) is 6.08. The van der Waals surface area contributed by atoms with Gasteiger partial charge in [-0.25, -0.2) is 9.97 Å². The molecule has 2 atom stereocenters. The Hall–Kier alpha value is -1.95. The molecule has 6 nitrogen and oxygen atoms in total. The normalized spacial score (nSPS) is 20.1. The van der Waals surface area contributed by atoms with Crippen molar-refractivity contribution in [2.75, 3.05) is 24.5 Å². The van der Waals surface area contributed by atoms with Crippen LogP contribution in [0.1, 0.15) is 31.4 Å². The van der Waals surface area contributed by atoms with Crippen LogP contribution in [0.2, 0.25) is 0 Å². The van der Waals surface area contributed by atoms with Gasteiger partial charge in [-0.3, -0.25) is 4.68 Å². The lowest BCUT2D eigenvalue weighted by Crippen LogP contribution is -2.40. The Morgan fingerprint density at radius 3 is 2.91 bits per heavy atom. The number of hydrogen-bond acceptors (Lipinski definition) is 5. The fourth-order valence-corrected chi connectivity index (χ4v) is 2.99. The molecule has 0 aliphatic carbocycles. The van der Waals surface area contributed by atoms with E-state index in [1.807, 2.05) is 36.4 Å². The number of piperidine rings is 1. The van der Waals surface area contributed by atoms with Crippen LogP contribution in [0.4, 0.5) is 5.95 Å². The molecule has 1 fully saturated rings. The van der Waals surface area contributed by atoms with Gasteiger partial charge < -0.3 is 10.2 Å². The topological polar surface area (TPSA) is 58.9 Å². The minimum atomic E-state index is 0.331. The lowest BCUT2D eigenvalue weighted by Gasteiger charge is -2.33. The van der Waals surface area contributed by atoms with Gasteiger partial charge in [-0.1, -0.05) is 0 Å². The molecule has 2 aromatic heterocycles. The Bertz CT molecular complexity index is 581. The maximum Gasteiger partial charge on any atom is 0.225 e. The second kappa shape index (κ2) is 6.87. The summed E-state index contributed by atoms with van der Waals surface area (Å²) in [7, 11) is 1.95. The number of aryl methyl sites for hydroxylation is 1. The van der Waals surface area contributed by atoms with Crippen LogP contribution in [0.15, 0.2) is 30.9 Å². The molecule has 118 valence electrons. The van der Waals surface area contributed by atoms with E-state index in [0.717, 1.165) is 25.6 Å². The summed E-state index contributed by atoms with van der Waals surface area (Å²) >= 11 is 0. The monoisotopic (exact) mass is 300 g/mol. The lowest BCUT2D eigenvalue weighted by atomic mass is 9.97. The minimum Gasteiger partial charge on any atom is -0.341 e. The summed E-state index contributed by atoms with van der Waals surface area (Å²) in [5.74, 6) is 1.49. The molecule has 3 heterocycles. The van der Waals surface area contributed by atoms with Crippen molar-refractivity contribution >= 4 is 5.95 Å². The van der Waals surface area contributed by atoms with E-state index in [2.05, 4.69) is 38.4 Å². The van der Waals surface area contributed by atoms with Crippen molar-refractivity contribution in [3.8, 4) is 0 Å². The largest absolute Gasteiger partial charge is 0.341 e. The standard InChI is InChI=1S/C16H24N6/c1-13(15-10-20-21(2)12-15)19-9-14-5-3-8-22(11-14)16-17-6-4-7-18-16/h4,6-7,10,12-14,19H,3,5,8-9,11H2,1-2H3/t13-,14-/m0/s1. The molecule has 0 bridgehead atoms. The van der Waals surface area contributed by atoms with Crippen LogP contribution in [0.25, 0.3) is 0 Å². The predicted octanol–water partition coefficient (Wildman–Crippen LogP) is 1.78. The zero-order valence-electron chi connectivity index (χ0n) is 13.3. The van der Waals surface area contributed by atoms with Gasteiger partial charge in [0.1, 0.15) is 0 Å².